The second-order valence-corrected chi connectivity index (χ2v) is 14.0. The summed E-state index contributed by atoms with van der Waals surface area (Å²) in [5, 5.41) is 4.84. The predicted molar refractivity (Wildman–Crippen MR) is 180 cm³/mol. The molecule has 1 heterocycles. The number of aromatic nitrogens is 2. The Morgan fingerprint density at radius 3 is 1.21 bits per heavy atom. The highest BCUT2D eigenvalue weighted by molar-refractivity contribution is 8.00. The number of hydrogen-bond acceptors (Lipinski definition) is 12. The van der Waals surface area contributed by atoms with Gasteiger partial charge in [0.2, 0.25) is 0 Å². The zero-order valence-electron chi connectivity index (χ0n) is 25.0. The van der Waals surface area contributed by atoms with Crippen LogP contribution in [0.25, 0.3) is 0 Å². The number of benzene rings is 2. The molecule has 0 spiro atoms. The average Bonchev–Trinajstić information content (AvgIpc) is 3.04. The highest BCUT2D eigenvalue weighted by atomic mass is 32.2. The fourth-order valence-electron chi connectivity index (χ4n) is 3.89. The fourth-order valence-corrected chi connectivity index (χ4v) is 7.39. The molecule has 2 amide bonds. The number of carbonyl (C=O) groups excluding carboxylic acids is 2. The number of nitrogens with one attached hydrogen (secondary N) is 2. The highest BCUT2D eigenvalue weighted by Gasteiger charge is 2.36. The zero-order valence-corrected chi connectivity index (χ0v) is 28.3. The Kier molecular flexibility index (Phi) is 15.2. The third-order valence-electron chi connectivity index (χ3n) is 5.90. The summed E-state index contributed by atoms with van der Waals surface area (Å²) in [7, 11) is 0. The molecule has 10 N–H and O–H groups in total. The Balaban J connectivity index is 1.96. The Morgan fingerprint density at radius 1 is 0.562 bits per heavy atom. The van der Waals surface area contributed by atoms with E-state index in [0.717, 1.165) is 71.6 Å². The first kappa shape index (κ1) is 39.7. The monoisotopic (exact) mass is 754 g/mol. The van der Waals surface area contributed by atoms with E-state index in [2.05, 4.69) is 20.6 Å². The minimum Gasteiger partial charge on any atom is -0.330 e. The second kappa shape index (κ2) is 18.3. The Bertz CT molecular complexity index is 1470. The van der Waals surface area contributed by atoms with Crippen molar-refractivity contribution in [2.24, 2.45) is 22.9 Å². The van der Waals surface area contributed by atoms with E-state index in [0.29, 0.717) is 21.3 Å². The van der Waals surface area contributed by atoms with Crippen molar-refractivity contribution in [2.45, 2.75) is 31.9 Å². The maximum atomic E-state index is 14.0. The van der Waals surface area contributed by atoms with Crippen LogP contribution in [0.15, 0.2) is 56.2 Å². The van der Waals surface area contributed by atoms with E-state index >= 15 is 0 Å². The summed E-state index contributed by atoms with van der Waals surface area (Å²) >= 11 is 4.10. The van der Waals surface area contributed by atoms with E-state index in [1.165, 1.54) is 12.1 Å². The molecule has 3 aromatic rings. The Morgan fingerprint density at radius 2 is 0.896 bits per heavy atom. The van der Waals surface area contributed by atoms with Crippen molar-refractivity contribution in [1.29, 1.82) is 0 Å². The Hall–Kier alpha value is -2.72. The molecule has 0 unspecified atom stereocenters. The lowest BCUT2D eigenvalue weighted by atomic mass is 10.1. The highest BCUT2D eigenvalue weighted by Crippen LogP contribution is 2.43. The summed E-state index contributed by atoms with van der Waals surface area (Å²) in [6.45, 7) is 0.708. The third-order valence-corrected chi connectivity index (χ3v) is 10.3. The summed E-state index contributed by atoms with van der Waals surface area (Å²) in [6, 6.07) is 5.17. The molecule has 0 atom stereocenters. The van der Waals surface area contributed by atoms with Crippen LogP contribution in [-0.2, 0) is 12.4 Å². The maximum absolute atomic E-state index is 14.0. The Labute approximate surface area is 289 Å². The zero-order chi connectivity index (χ0) is 35.5. The fraction of sp³-hybridized carbons (Fsp3) is 0.357. The van der Waals surface area contributed by atoms with E-state index in [4.69, 9.17) is 22.9 Å². The van der Waals surface area contributed by atoms with Crippen molar-refractivity contribution < 1.29 is 35.9 Å². The number of alkyl halides is 6. The number of anilines is 2. The van der Waals surface area contributed by atoms with Gasteiger partial charge in [-0.25, -0.2) is 9.97 Å². The van der Waals surface area contributed by atoms with Crippen LogP contribution < -0.4 is 33.6 Å². The van der Waals surface area contributed by atoms with Crippen LogP contribution in [0.3, 0.4) is 0 Å². The van der Waals surface area contributed by atoms with Gasteiger partial charge in [-0.3, -0.25) is 9.59 Å². The van der Waals surface area contributed by atoms with Crippen LogP contribution in [0.1, 0.15) is 32.1 Å². The van der Waals surface area contributed by atoms with Crippen LogP contribution in [0.2, 0.25) is 0 Å². The molecule has 0 aliphatic rings. The molecule has 2 aromatic carbocycles. The number of amides is 2. The molecule has 10 nitrogen and oxygen atoms in total. The minimum atomic E-state index is -4.75. The van der Waals surface area contributed by atoms with Crippen molar-refractivity contribution in [2.75, 3.05) is 59.8 Å². The smallest absolute Gasteiger partial charge is 0.330 e. The first-order valence-electron chi connectivity index (χ1n) is 14.0. The second-order valence-electron chi connectivity index (χ2n) is 9.43. The molecular weight excluding hydrogens is 723 g/mol. The van der Waals surface area contributed by atoms with Gasteiger partial charge in [-0.2, -0.15) is 26.3 Å². The lowest BCUT2D eigenvalue weighted by molar-refractivity contribution is -0.140. The molecule has 0 bridgehead atoms. The van der Waals surface area contributed by atoms with Crippen LogP contribution in [0.5, 0.6) is 0 Å². The van der Waals surface area contributed by atoms with Crippen LogP contribution in [0, 0.1) is 0 Å². The van der Waals surface area contributed by atoms with Crippen molar-refractivity contribution in [3.05, 3.63) is 59.2 Å². The number of nitrogens with two attached hydrogens (primary N) is 4. The van der Waals surface area contributed by atoms with Crippen LogP contribution >= 0.6 is 47.0 Å². The molecule has 3 rings (SSSR count). The number of rotatable bonds is 16. The number of nitrogens with zero attached hydrogens (tertiary/aromatic N) is 2. The van der Waals surface area contributed by atoms with E-state index in [1.807, 2.05) is 0 Å². The molecule has 0 saturated heterocycles. The first-order chi connectivity index (χ1) is 22.7. The summed E-state index contributed by atoms with van der Waals surface area (Å²) in [6.07, 6.45) is -8.62. The summed E-state index contributed by atoms with van der Waals surface area (Å²) in [5.41, 5.74) is 19.1. The average molecular weight is 755 g/mol. The van der Waals surface area contributed by atoms with Gasteiger partial charge < -0.3 is 33.6 Å². The molecule has 0 radical (unpaired) electrons. The van der Waals surface area contributed by atoms with E-state index in [-0.39, 0.29) is 70.2 Å². The number of carbonyl (C=O) groups is 2. The van der Waals surface area contributed by atoms with E-state index in [9.17, 15) is 35.9 Å². The van der Waals surface area contributed by atoms with Crippen molar-refractivity contribution in [3.63, 3.8) is 0 Å². The van der Waals surface area contributed by atoms with Gasteiger partial charge in [-0.1, -0.05) is 0 Å². The number of hydrogen-bond donors (Lipinski definition) is 6. The van der Waals surface area contributed by atoms with Gasteiger partial charge in [0.1, 0.15) is 17.7 Å². The molecule has 20 heteroatoms. The van der Waals surface area contributed by atoms with E-state index < -0.39 is 35.3 Å². The molecule has 0 aliphatic carbocycles. The molecule has 0 fully saturated rings. The molecular formula is C28H32F6N8O2S4. The van der Waals surface area contributed by atoms with E-state index in [1.54, 1.807) is 0 Å². The molecule has 262 valence electrons. The quantitative estimate of drug-likeness (QED) is 0.0828. The van der Waals surface area contributed by atoms with Gasteiger partial charge in [0.15, 0.2) is 0 Å². The van der Waals surface area contributed by atoms with Crippen LogP contribution in [-0.4, -0.2) is 71.0 Å². The number of halogens is 6. The van der Waals surface area contributed by atoms with Gasteiger partial charge in [0, 0.05) is 74.8 Å². The van der Waals surface area contributed by atoms with Gasteiger partial charge in [0.25, 0.3) is 11.8 Å². The first-order valence-corrected chi connectivity index (χ1v) is 17.9. The largest absolute Gasteiger partial charge is 0.417 e. The summed E-state index contributed by atoms with van der Waals surface area (Å²) in [4.78, 5) is 34.6. The topological polar surface area (TPSA) is 188 Å². The predicted octanol–water partition coefficient (Wildman–Crippen LogP) is 5.22. The molecule has 0 aliphatic heterocycles. The minimum absolute atomic E-state index is 0.0739. The normalized spacial score (nSPS) is 11.9. The summed E-state index contributed by atoms with van der Waals surface area (Å²) in [5.74, 6) is -0.802. The van der Waals surface area contributed by atoms with Crippen LogP contribution in [0.4, 0.5) is 37.7 Å². The van der Waals surface area contributed by atoms with Gasteiger partial charge >= 0.3 is 12.4 Å². The third kappa shape index (κ3) is 11.2. The van der Waals surface area contributed by atoms with Gasteiger partial charge in [-0.05, 0) is 24.3 Å². The lowest BCUT2D eigenvalue weighted by Gasteiger charge is -2.18. The van der Waals surface area contributed by atoms with Gasteiger partial charge in [0.05, 0.1) is 22.5 Å². The standard InChI is InChI=1S/C28H32F6N8O2S4/c29-27(30,31)15-9-17(23(47-7-3-37)12-21(15)45-5-1-35)41-25(43)19-11-20(40-14-39-19)26(44)42-18-10-16(28(32,33)34)22(46-6-2-36)13-24(18)48-8-4-38/h9-14H,1-8,35-38H2,(H,41,43)(H,42,44). The van der Waals surface area contributed by atoms with Gasteiger partial charge in [-0.15, -0.1) is 47.0 Å². The van der Waals surface area contributed by atoms with Crippen molar-refractivity contribution in [3.8, 4) is 0 Å². The summed E-state index contributed by atoms with van der Waals surface area (Å²) < 4.78 is 83.8. The lowest BCUT2D eigenvalue weighted by Crippen LogP contribution is -2.20. The van der Waals surface area contributed by atoms with Crippen molar-refractivity contribution in [1.82, 2.24) is 9.97 Å². The maximum Gasteiger partial charge on any atom is 0.417 e. The molecule has 1 aromatic heterocycles. The molecule has 48 heavy (non-hydrogen) atoms. The SMILES string of the molecule is NCCSc1cc(SCCN)c(C(F)(F)F)cc1NC(=O)c1cc(C(=O)Nc2cc(C(F)(F)F)c(SCCN)cc2SCCN)ncn1. The van der Waals surface area contributed by atoms with Crippen molar-refractivity contribution >= 4 is 70.2 Å². The molecule has 0 saturated carbocycles. The number of thioether (sulfide) groups is 4.